The highest BCUT2D eigenvalue weighted by atomic mass is 32.2. The third kappa shape index (κ3) is 4.09. The maximum Gasteiger partial charge on any atom is 0.207 e. The lowest BCUT2D eigenvalue weighted by molar-refractivity contribution is 0.482. The van der Waals surface area contributed by atoms with Crippen LogP contribution in [0.15, 0.2) is 59.8 Å². The molecule has 0 spiro atoms. The SMILES string of the molecule is CCCSc1nc(NC2CC2c2cccc(Oc3ccccc3)c2)c2n[nH]nc2n1. The summed E-state index contributed by atoms with van der Waals surface area (Å²) in [7, 11) is 0. The zero-order chi connectivity index (χ0) is 20.3. The molecule has 2 N–H and O–H groups in total. The number of H-pyrrole nitrogens is 1. The van der Waals surface area contributed by atoms with Gasteiger partial charge >= 0.3 is 0 Å². The number of thioether (sulfide) groups is 1. The van der Waals surface area contributed by atoms with Crippen LogP contribution in [0.3, 0.4) is 0 Å². The second-order valence-electron chi connectivity index (χ2n) is 7.28. The number of fused-ring (bicyclic) bond motifs is 1. The third-order valence-electron chi connectivity index (χ3n) is 4.98. The molecule has 5 rings (SSSR count). The lowest BCUT2D eigenvalue weighted by Gasteiger charge is -2.09. The summed E-state index contributed by atoms with van der Waals surface area (Å²) >= 11 is 1.64. The number of aromatic nitrogens is 5. The van der Waals surface area contributed by atoms with Crippen LogP contribution in [0.1, 0.15) is 31.2 Å². The fourth-order valence-electron chi connectivity index (χ4n) is 3.42. The first kappa shape index (κ1) is 18.9. The van der Waals surface area contributed by atoms with Gasteiger partial charge in [-0.25, -0.2) is 4.98 Å². The van der Waals surface area contributed by atoms with Gasteiger partial charge < -0.3 is 10.1 Å². The lowest BCUT2D eigenvalue weighted by Crippen LogP contribution is -2.08. The fourth-order valence-corrected chi connectivity index (χ4v) is 4.11. The summed E-state index contributed by atoms with van der Waals surface area (Å²) in [6.45, 7) is 2.14. The van der Waals surface area contributed by atoms with Crippen LogP contribution in [0.2, 0.25) is 0 Å². The van der Waals surface area contributed by atoms with Gasteiger partial charge in [-0.15, -0.1) is 5.10 Å². The van der Waals surface area contributed by atoms with Gasteiger partial charge in [-0.2, -0.15) is 15.3 Å². The van der Waals surface area contributed by atoms with Crippen molar-refractivity contribution >= 4 is 28.7 Å². The average molecular weight is 419 g/mol. The Hall–Kier alpha value is -3.13. The summed E-state index contributed by atoms with van der Waals surface area (Å²) in [5, 5.41) is 15.3. The van der Waals surface area contributed by atoms with Gasteiger partial charge in [-0.1, -0.05) is 49.0 Å². The van der Waals surface area contributed by atoms with E-state index in [9.17, 15) is 0 Å². The molecule has 2 atom stereocenters. The Balaban J connectivity index is 1.31. The molecule has 4 aromatic rings. The Morgan fingerprint density at radius 1 is 1.07 bits per heavy atom. The quantitative estimate of drug-likeness (QED) is 0.307. The smallest absolute Gasteiger partial charge is 0.207 e. The van der Waals surface area contributed by atoms with Crippen LogP contribution in [0.25, 0.3) is 11.2 Å². The molecular weight excluding hydrogens is 396 g/mol. The molecule has 0 radical (unpaired) electrons. The van der Waals surface area contributed by atoms with E-state index in [1.165, 1.54) is 5.56 Å². The number of rotatable bonds is 8. The minimum Gasteiger partial charge on any atom is -0.457 e. The Morgan fingerprint density at radius 2 is 1.93 bits per heavy atom. The standard InChI is InChI=1S/C22H22N6OS/c1-2-11-30-22-24-20(19-21(25-22)27-28-26-19)23-18-13-17(18)14-7-6-10-16(12-14)29-15-8-4-3-5-9-15/h3-10,12,17-18H,2,11,13H2,1H3,(H2,23,24,25,26,27,28). The molecular formula is C22H22N6OS. The molecule has 0 aliphatic heterocycles. The van der Waals surface area contributed by atoms with Crippen molar-refractivity contribution in [1.29, 1.82) is 0 Å². The number of aromatic amines is 1. The highest BCUT2D eigenvalue weighted by Gasteiger charge is 2.39. The highest BCUT2D eigenvalue weighted by Crippen LogP contribution is 2.44. The van der Waals surface area contributed by atoms with Gasteiger partial charge in [0.25, 0.3) is 0 Å². The van der Waals surface area contributed by atoms with Gasteiger partial charge in [0.05, 0.1) is 0 Å². The Bertz CT molecular complexity index is 1150. The van der Waals surface area contributed by atoms with E-state index in [1.807, 2.05) is 42.5 Å². The van der Waals surface area contributed by atoms with E-state index in [1.54, 1.807) is 11.8 Å². The maximum atomic E-state index is 5.98. The molecule has 0 saturated heterocycles. The van der Waals surface area contributed by atoms with E-state index in [2.05, 4.69) is 49.8 Å². The molecule has 30 heavy (non-hydrogen) atoms. The summed E-state index contributed by atoms with van der Waals surface area (Å²) in [5.74, 6) is 3.82. The number of para-hydroxylation sites is 1. The Morgan fingerprint density at radius 3 is 2.80 bits per heavy atom. The summed E-state index contributed by atoms with van der Waals surface area (Å²) in [6.07, 6.45) is 2.11. The molecule has 7 nitrogen and oxygen atoms in total. The van der Waals surface area contributed by atoms with Gasteiger partial charge in [-0.05, 0) is 42.7 Å². The monoisotopic (exact) mass is 418 g/mol. The molecule has 1 saturated carbocycles. The van der Waals surface area contributed by atoms with Crippen LogP contribution in [0.4, 0.5) is 5.82 Å². The predicted molar refractivity (Wildman–Crippen MR) is 118 cm³/mol. The molecule has 0 amide bonds. The van der Waals surface area contributed by atoms with Crippen LogP contribution >= 0.6 is 11.8 Å². The van der Waals surface area contributed by atoms with Crippen LogP contribution in [-0.2, 0) is 0 Å². The second-order valence-corrected chi connectivity index (χ2v) is 8.34. The van der Waals surface area contributed by atoms with Gasteiger partial charge in [0.2, 0.25) is 5.65 Å². The maximum absolute atomic E-state index is 5.98. The highest BCUT2D eigenvalue weighted by molar-refractivity contribution is 7.99. The fraction of sp³-hybridized carbons (Fsp3) is 0.273. The summed E-state index contributed by atoms with van der Waals surface area (Å²) in [6, 6.07) is 18.4. The minimum absolute atomic E-state index is 0.302. The van der Waals surface area contributed by atoms with Gasteiger partial charge in [0.1, 0.15) is 11.5 Å². The van der Waals surface area contributed by atoms with Gasteiger partial charge in [0.15, 0.2) is 16.5 Å². The molecule has 0 bridgehead atoms. The molecule has 1 aliphatic rings. The van der Waals surface area contributed by atoms with E-state index < -0.39 is 0 Å². The summed E-state index contributed by atoms with van der Waals surface area (Å²) in [5.41, 5.74) is 2.54. The Kier molecular flexibility index (Phi) is 5.23. The number of anilines is 1. The molecule has 2 aromatic carbocycles. The number of hydrogen-bond donors (Lipinski definition) is 2. The van der Waals surface area contributed by atoms with Gasteiger partial charge in [0, 0.05) is 17.7 Å². The van der Waals surface area contributed by atoms with Gasteiger partial charge in [-0.3, -0.25) is 0 Å². The van der Waals surface area contributed by atoms with Crippen molar-refractivity contribution in [2.75, 3.05) is 11.1 Å². The molecule has 2 unspecified atom stereocenters. The number of hydrogen-bond acceptors (Lipinski definition) is 7. The first-order chi connectivity index (χ1) is 14.8. The predicted octanol–water partition coefficient (Wildman–Crippen LogP) is 5.01. The van der Waals surface area contributed by atoms with Crippen LogP contribution in [0, 0.1) is 0 Å². The van der Waals surface area contributed by atoms with Crippen molar-refractivity contribution in [3.05, 3.63) is 60.2 Å². The first-order valence-corrected chi connectivity index (χ1v) is 11.1. The number of nitrogens with one attached hydrogen (secondary N) is 2. The van der Waals surface area contributed by atoms with Crippen molar-refractivity contribution < 1.29 is 4.74 Å². The summed E-state index contributed by atoms with van der Waals surface area (Å²) in [4.78, 5) is 9.17. The largest absolute Gasteiger partial charge is 0.457 e. The van der Waals surface area contributed by atoms with E-state index >= 15 is 0 Å². The van der Waals surface area contributed by atoms with Crippen molar-refractivity contribution in [2.24, 2.45) is 0 Å². The molecule has 1 fully saturated rings. The molecule has 8 heteroatoms. The topological polar surface area (TPSA) is 88.6 Å². The summed E-state index contributed by atoms with van der Waals surface area (Å²) < 4.78 is 5.98. The zero-order valence-corrected chi connectivity index (χ0v) is 17.4. The normalized spacial score (nSPS) is 17.8. The van der Waals surface area contributed by atoms with Crippen molar-refractivity contribution in [3.63, 3.8) is 0 Å². The number of benzene rings is 2. The number of ether oxygens (including phenoxy) is 1. The van der Waals surface area contributed by atoms with E-state index in [-0.39, 0.29) is 0 Å². The second kappa shape index (κ2) is 8.31. The van der Waals surface area contributed by atoms with Crippen molar-refractivity contribution in [2.45, 2.75) is 36.9 Å². The van der Waals surface area contributed by atoms with E-state index in [0.717, 1.165) is 41.1 Å². The minimum atomic E-state index is 0.302. The third-order valence-corrected chi connectivity index (χ3v) is 6.03. The molecule has 1 aliphatic carbocycles. The Labute approximate surface area is 178 Å². The number of nitrogens with zero attached hydrogens (tertiary/aromatic N) is 4. The first-order valence-electron chi connectivity index (χ1n) is 10.1. The molecule has 2 aromatic heterocycles. The van der Waals surface area contributed by atoms with E-state index in [4.69, 9.17) is 4.74 Å². The molecule has 152 valence electrons. The molecule has 2 heterocycles. The van der Waals surface area contributed by atoms with E-state index in [0.29, 0.717) is 23.1 Å². The zero-order valence-electron chi connectivity index (χ0n) is 16.6. The van der Waals surface area contributed by atoms with Crippen LogP contribution in [0.5, 0.6) is 11.5 Å². The van der Waals surface area contributed by atoms with Crippen molar-refractivity contribution in [3.8, 4) is 11.5 Å². The van der Waals surface area contributed by atoms with Crippen molar-refractivity contribution in [1.82, 2.24) is 25.4 Å². The average Bonchev–Trinajstić information content (AvgIpc) is 3.37. The lowest BCUT2D eigenvalue weighted by atomic mass is 10.1. The van der Waals surface area contributed by atoms with Crippen LogP contribution < -0.4 is 10.1 Å². The van der Waals surface area contributed by atoms with Crippen LogP contribution in [-0.4, -0.2) is 37.2 Å².